The molecule has 3 aromatic heterocycles. The first-order valence-electron chi connectivity index (χ1n) is 9.58. The molecule has 0 spiro atoms. The molecule has 2 N–H and O–H groups in total. The maximum atomic E-state index is 12.6. The van der Waals surface area contributed by atoms with Gasteiger partial charge < -0.3 is 15.1 Å². The van der Waals surface area contributed by atoms with Crippen molar-refractivity contribution in [3.8, 4) is 0 Å². The molecule has 7 heteroatoms. The summed E-state index contributed by atoms with van der Waals surface area (Å²) in [6.45, 7) is 5.91. The average Bonchev–Trinajstić information content (AvgIpc) is 3.36. The van der Waals surface area contributed by atoms with Crippen molar-refractivity contribution in [2.24, 2.45) is 0 Å². The lowest BCUT2D eigenvalue weighted by atomic mass is 10.00. The number of carbonyl (C=O) groups excluding carboxylic acids is 1. The normalized spacial score (nSPS) is 11.8. The summed E-state index contributed by atoms with van der Waals surface area (Å²) >= 11 is 1.53. The Morgan fingerprint density at radius 3 is 2.40 bits per heavy atom. The molecule has 0 aliphatic carbocycles. The van der Waals surface area contributed by atoms with Crippen LogP contribution in [-0.4, -0.2) is 15.9 Å². The highest BCUT2D eigenvalue weighted by Crippen LogP contribution is 2.37. The van der Waals surface area contributed by atoms with Crippen LogP contribution in [0.5, 0.6) is 0 Å². The Morgan fingerprint density at radius 2 is 1.73 bits per heavy atom. The van der Waals surface area contributed by atoms with Crippen LogP contribution >= 0.6 is 11.3 Å². The maximum absolute atomic E-state index is 12.6. The molecule has 0 bridgehead atoms. The molecule has 152 valence electrons. The van der Waals surface area contributed by atoms with Crippen molar-refractivity contribution in [3.05, 3.63) is 94.0 Å². The van der Waals surface area contributed by atoms with E-state index < -0.39 is 0 Å². The summed E-state index contributed by atoms with van der Waals surface area (Å²) < 4.78 is 5.24. The Bertz CT molecular complexity index is 1130. The van der Waals surface area contributed by atoms with E-state index in [1.807, 2.05) is 57.2 Å². The summed E-state index contributed by atoms with van der Waals surface area (Å²) in [7, 11) is 0. The van der Waals surface area contributed by atoms with Gasteiger partial charge in [-0.3, -0.25) is 4.79 Å². The van der Waals surface area contributed by atoms with E-state index >= 15 is 0 Å². The van der Waals surface area contributed by atoms with Crippen LogP contribution < -0.4 is 10.6 Å². The number of benzene rings is 1. The average molecular weight is 419 g/mol. The molecule has 0 aliphatic rings. The molecule has 0 saturated carbocycles. The predicted octanol–water partition coefficient (Wildman–Crippen LogP) is 5.51. The number of carbonyl (C=O) groups is 1. The van der Waals surface area contributed by atoms with E-state index in [1.54, 1.807) is 12.1 Å². The summed E-state index contributed by atoms with van der Waals surface area (Å²) in [4.78, 5) is 22.8. The second-order valence-corrected chi connectivity index (χ2v) is 8.29. The molecule has 0 unspecified atom stereocenters. The first-order chi connectivity index (χ1) is 14.5. The van der Waals surface area contributed by atoms with E-state index in [0.717, 1.165) is 32.4 Å². The molecule has 1 atom stereocenters. The zero-order valence-electron chi connectivity index (χ0n) is 17.0. The Balaban J connectivity index is 1.73. The summed E-state index contributed by atoms with van der Waals surface area (Å²) in [5.41, 5.74) is 3.78. The van der Waals surface area contributed by atoms with E-state index in [1.165, 1.54) is 17.6 Å². The maximum Gasteiger partial charge on any atom is 0.291 e. The van der Waals surface area contributed by atoms with Crippen molar-refractivity contribution in [1.29, 1.82) is 0 Å². The lowest BCUT2D eigenvalue weighted by Crippen LogP contribution is -2.17. The van der Waals surface area contributed by atoms with Gasteiger partial charge in [-0.1, -0.05) is 30.3 Å². The SMILES string of the molecule is Cc1cc(C)nc(N[C@H](c2ccccc2)c2cc(C)sc2NC(=O)c2ccco2)n1. The van der Waals surface area contributed by atoms with E-state index in [0.29, 0.717) is 5.95 Å². The molecule has 6 nitrogen and oxygen atoms in total. The minimum absolute atomic E-state index is 0.232. The quantitative estimate of drug-likeness (QED) is 0.432. The van der Waals surface area contributed by atoms with Crippen LogP contribution in [0.1, 0.15) is 44.0 Å². The third kappa shape index (κ3) is 4.41. The number of aromatic nitrogens is 2. The minimum atomic E-state index is -0.280. The van der Waals surface area contributed by atoms with Gasteiger partial charge in [0.1, 0.15) is 5.00 Å². The second-order valence-electron chi connectivity index (χ2n) is 7.04. The largest absolute Gasteiger partial charge is 0.459 e. The van der Waals surface area contributed by atoms with E-state index in [4.69, 9.17) is 4.42 Å². The van der Waals surface area contributed by atoms with Crippen LogP contribution in [0.4, 0.5) is 10.9 Å². The number of nitrogens with one attached hydrogen (secondary N) is 2. The minimum Gasteiger partial charge on any atom is -0.459 e. The van der Waals surface area contributed by atoms with Gasteiger partial charge in [0.15, 0.2) is 5.76 Å². The molecule has 0 fully saturated rings. The van der Waals surface area contributed by atoms with Crippen molar-refractivity contribution in [2.75, 3.05) is 10.6 Å². The molecule has 3 heterocycles. The van der Waals surface area contributed by atoms with Crippen LogP contribution in [0.2, 0.25) is 0 Å². The topological polar surface area (TPSA) is 80.0 Å². The van der Waals surface area contributed by atoms with E-state index in [2.05, 4.69) is 26.7 Å². The fourth-order valence-electron chi connectivity index (χ4n) is 3.32. The molecule has 0 aliphatic heterocycles. The number of aryl methyl sites for hydroxylation is 3. The van der Waals surface area contributed by atoms with Crippen molar-refractivity contribution >= 4 is 28.2 Å². The molecular formula is C23H22N4O2S. The molecule has 0 radical (unpaired) electrons. The number of rotatable bonds is 6. The van der Waals surface area contributed by atoms with E-state index in [9.17, 15) is 4.79 Å². The highest BCUT2D eigenvalue weighted by Gasteiger charge is 2.23. The van der Waals surface area contributed by atoms with Crippen LogP contribution in [0.3, 0.4) is 0 Å². The summed E-state index contributed by atoms with van der Waals surface area (Å²) in [5.74, 6) is 0.542. The number of amides is 1. The number of thiophene rings is 1. The van der Waals surface area contributed by atoms with Crippen molar-refractivity contribution < 1.29 is 9.21 Å². The Hall–Kier alpha value is -3.45. The lowest BCUT2D eigenvalue weighted by molar-refractivity contribution is 0.0997. The van der Waals surface area contributed by atoms with Crippen LogP contribution in [0, 0.1) is 20.8 Å². The molecular weight excluding hydrogens is 396 g/mol. The summed E-state index contributed by atoms with van der Waals surface area (Å²) in [6.07, 6.45) is 1.49. The second kappa shape index (κ2) is 8.51. The first-order valence-corrected chi connectivity index (χ1v) is 10.4. The lowest BCUT2D eigenvalue weighted by Gasteiger charge is -2.20. The van der Waals surface area contributed by atoms with Crippen LogP contribution in [-0.2, 0) is 0 Å². The number of anilines is 2. The molecule has 4 rings (SSSR count). The number of nitrogens with zero attached hydrogens (tertiary/aromatic N) is 2. The molecule has 1 aromatic carbocycles. The van der Waals surface area contributed by atoms with Gasteiger partial charge in [0.2, 0.25) is 5.95 Å². The third-order valence-electron chi connectivity index (χ3n) is 4.56. The fraction of sp³-hybridized carbons (Fsp3) is 0.174. The van der Waals surface area contributed by atoms with Crippen LogP contribution in [0.15, 0.2) is 65.3 Å². The van der Waals surface area contributed by atoms with Crippen molar-refractivity contribution in [2.45, 2.75) is 26.8 Å². The fourth-order valence-corrected chi connectivity index (χ4v) is 4.27. The van der Waals surface area contributed by atoms with Gasteiger partial charge in [0, 0.05) is 21.8 Å². The standard InChI is InChI=1S/C23H22N4O2S/c1-14-12-15(2)25-23(24-14)26-20(17-8-5-4-6-9-17)18-13-16(3)30-22(18)27-21(28)19-10-7-11-29-19/h4-13,20H,1-3H3,(H,27,28)(H,24,25,26)/t20-/m1/s1. The highest BCUT2D eigenvalue weighted by molar-refractivity contribution is 7.16. The summed E-state index contributed by atoms with van der Waals surface area (Å²) in [6, 6.07) is 17.2. The zero-order valence-corrected chi connectivity index (χ0v) is 17.8. The number of hydrogen-bond donors (Lipinski definition) is 2. The smallest absolute Gasteiger partial charge is 0.291 e. The monoisotopic (exact) mass is 418 g/mol. The van der Waals surface area contributed by atoms with Crippen LogP contribution in [0.25, 0.3) is 0 Å². The van der Waals surface area contributed by atoms with Gasteiger partial charge in [-0.15, -0.1) is 11.3 Å². The highest BCUT2D eigenvalue weighted by atomic mass is 32.1. The third-order valence-corrected chi connectivity index (χ3v) is 5.54. The Kier molecular flexibility index (Phi) is 5.63. The number of hydrogen-bond acceptors (Lipinski definition) is 6. The van der Waals surface area contributed by atoms with Gasteiger partial charge in [-0.05, 0) is 50.6 Å². The van der Waals surface area contributed by atoms with Crippen molar-refractivity contribution in [3.63, 3.8) is 0 Å². The Morgan fingerprint density at radius 1 is 1.00 bits per heavy atom. The molecule has 4 aromatic rings. The molecule has 1 amide bonds. The molecule has 0 saturated heterocycles. The van der Waals surface area contributed by atoms with E-state index in [-0.39, 0.29) is 17.7 Å². The van der Waals surface area contributed by atoms with Gasteiger partial charge in [-0.2, -0.15) is 0 Å². The summed E-state index contributed by atoms with van der Waals surface area (Å²) in [5, 5.41) is 7.23. The number of furan rings is 1. The Labute approximate surface area is 179 Å². The predicted molar refractivity (Wildman–Crippen MR) is 119 cm³/mol. The van der Waals surface area contributed by atoms with Gasteiger partial charge in [-0.25, -0.2) is 9.97 Å². The molecule has 30 heavy (non-hydrogen) atoms. The van der Waals surface area contributed by atoms with Crippen molar-refractivity contribution in [1.82, 2.24) is 9.97 Å². The van der Waals surface area contributed by atoms with Gasteiger partial charge in [0.05, 0.1) is 12.3 Å². The van der Waals surface area contributed by atoms with Gasteiger partial charge in [0.25, 0.3) is 5.91 Å². The first kappa shape index (κ1) is 19.8. The zero-order chi connectivity index (χ0) is 21.1. The van der Waals surface area contributed by atoms with Gasteiger partial charge >= 0.3 is 0 Å².